The first-order valence-electron chi connectivity index (χ1n) is 16.3. The van der Waals surface area contributed by atoms with Crippen molar-refractivity contribution in [3.8, 4) is 0 Å². The van der Waals surface area contributed by atoms with Gasteiger partial charge in [-0.3, -0.25) is 0 Å². The molecule has 8 rings (SSSR count). The second kappa shape index (κ2) is 13.2. The van der Waals surface area contributed by atoms with Gasteiger partial charge >= 0.3 is 0 Å². The molecule has 0 unspecified atom stereocenters. The van der Waals surface area contributed by atoms with Gasteiger partial charge < -0.3 is 9.80 Å². The van der Waals surface area contributed by atoms with Crippen molar-refractivity contribution in [1.82, 2.24) is 0 Å². The first-order valence-corrected chi connectivity index (χ1v) is 16.3. The van der Waals surface area contributed by atoms with Crippen LogP contribution in [0, 0.1) is 0 Å². The van der Waals surface area contributed by atoms with Gasteiger partial charge in [-0.25, -0.2) is 0 Å². The third kappa shape index (κ3) is 6.08. The molecule has 0 aliphatic heterocycles. The SMILES string of the molecule is C(=Cc1ccc2cc(N(c3ccccc3)c3ccccc3)ccc2c1)c1ccc2cc(N(c3ccccc3)c3ccccc3)ccc2c1. The summed E-state index contributed by atoms with van der Waals surface area (Å²) in [7, 11) is 0. The van der Waals surface area contributed by atoms with Gasteiger partial charge in [-0.2, -0.15) is 0 Å². The van der Waals surface area contributed by atoms with Crippen LogP contribution in [0.4, 0.5) is 34.1 Å². The molecule has 228 valence electrons. The van der Waals surface area contributed by atoms with Gasteiger partial charge in [-0.15, -0.1) is 0 Å². The van der Waals surface area contributed by atoms with Crippen LogP contribution < -0.4 is 9.80 Å². The summed E-state index contributed by atoms with van der Waals surface area (Å²) in [5, 5.41) is 4.86. The Morgan fingerprint density at radius 2 is 0.542 bits per heavy atom. The highest BCUT2D eigenvalue weighted by atomic mass is 15.1. The van der Waals surface area contributed by atoms with Crippen LogP contribution in [0.25, 0.3) is 33.7 Å². The van der Waals surface area contributed by atoms with Gasteiger partial charge in [0.05, 0.1) is 0 Å². The van der Waals surface area contributed by atoms with Crippen LogP contribution >= 0.6 is 0 Å². The summed E-state index contributed by atoms with van der Waals surface area (Å²) in [5.74, 6) is 0. The Hall–Kier alpha value is -6.38. The molecular weight excluding hydrogens is 581 g/mol. The third-order valence-corrected chi connectivity index (χ3v) is 8.74. The molecule has 0 aliphatic rings. The number of para-hydroxylation sites is 4. The zero-order chi connectivity index (χ0) is 32.1. The highest BCUT2D eigenvalue weighted by Gasteiger charge is 2.14. The van der Waals surface area contributed by atoms with Gasteiger partial charge in [-0.1, -0.05) is 121 Å². The molecule has 8 aromatic rings. The number of fused-ring (bicyclic) bond motifs is 2. The van der Waals surface area contributed by atoms with Crippen LogP contribution in [-0.4, -0.2) is 0 Å². The molecule has 0 aliphatic carbocycles. The Labute approximate surface area is 282 Å². The molecule has 0 saturated heterocycles. The molecule has 0 spiro atoms. The maximum atomic E-state index is 2.30. The fourth-order valence-corrected chi connectivity index (χ4v) is 6.38. The summed E-state index contributed by atoms with van der Waals surface area (Å²) < 4.78 is 0. The van der Waals surface area contributed by atoms with Gasteiger partial charge in [0.1, 0.15) is 0 Å². The highest BCUT2D eigenvalue weighted by molar-refractivity contribution is 5.93. The van der Waals surface area contributed by atoms with Crippen molar-refractivity contribution in [2.24, 2.45) is 0 Å². The lowest BCUT2D eigenvalue weighted by Crippen LogP contribution is -2.09. The normalized spacial score (nSPS) is 11.2. The Balaban J connectivity index is 1.06. The van der Waals surface area contributed by atoms with Gasteiger partial charge in [0.2, 0.25) is 0 Å². The Morgan fingerprint density at radius 3 is 0.875 bits per heavy atom. The highest BCUT2D eigenvalue weighted by Crippen LogP contribution is 2.37. The predicted molar refractivity (Wildman–Crippen MR) is 206 cm³/mol. The van der Waals surface area contributed by atoms with Crippen LogP contribution in [0.2, 0.25) is 0 Å². The molecule has 2 heteroatoms. The maximum Gasteiger partial charge on any atom is 0.0468 e. The molecule has 0 fully saturated rings. The zero-order valence-corrected chi connectivity index (χ0v) is 26.5. The molecular formula is C46H34N2. The molecule has 8 aromatic carbocycles. The van der Waals surface area contributed by atoms with Gasteiger partial charge in [0.15, 0.2) is 0 Å². The van der Waals surface area contributed by atoms with E-state index >= 15 is 0 Å². The Morgan fingerprint density at radius 1 is 0.250 bits per heavy atom. The van der Waals surface area contributed by atoms with Crippen molar-refractivity contribution < 1.29 is 0 Å². The van der Waals surface area contributed by atoms with E-state index < -0.39 is 0 Å². The molecule has 48 heavy (non-hydrogen) atoms. The summed E-state index contributed by atoms with van der Waals surface area (Å²) in [6.07, 6.45) is 4.41. The van der Waals surface area contributed by atoms with Crippen molar-refractivity contribution in [3.05, 3.63) is 205 Å². The second-order valence-corrected chi connectivity index (χ2v) is 11.9. The summed E-state index contributed by atoms with van der Waals surface area (Å²) in [6, 6.07) is 69.0. The number of nitrogens with zero attached hydrogens (tertiary/aromatic N) is 2. The van der Waals surface area contributed by atoms with Crippen molar-refractivity contribution >= 4 is 67.8 Å². The minimum atomic E-state index is 1.14. The number of anilines is 6. The lowest BCUT2D eigenvalue weighted by atomic mass is 10.0. The molecule has 0 aromatic heterocycles. The Kier molecular flexibility index (Phi) is 7.96. The van der Waals surface area contributed by atoms with E-state index in [1.54, 1.807) is 0 Å². The number of rotatable bonds is 8. The van der Waals surface area contributed by atoms with Crippen LogP contribution in [0.15, 0.2) is 194 Å². The quantitative estimate of drug-likeness (QED) is 0.157. The lowest BCUT2D eigenvalue weighted by molar-refractivity contribution is 1.29. The van der Waals surface area contributed by atoms with Crippen LogP contribution in [-0.2, 0) is 0 Å². The van der Waals surface area contributed by atoms with E-state index in [-0.39, 0.29) is 0 Å². The Bertz CT molecular complexity index is 2080. The monoisotopic (exact) mass is 614 g/mol. The van der Waals surface area contributed by atoms with Gasteiger partial charge in [0.25, 0.3) is 0 Å². The van der Waals surface area contributed by atoms with Crippen molar-refractivity contribution in [3.63, 3.8) is 0 Å². The van der Waals surface area contributed by atoms with Crippen LogP contribution in [0.3, 0.4) is 0 Å². The van der Waals surface area contributed by atoms with E-state index in [0.29, 0.717) is 0 Å². The van der Waals surface area contributed by atoms with E-state index in [1.807, 2.05) is 0 Å². The third-order valence-electron chi connectivity index (χ3n) is 8.74. The number of hydrogen-bond acceptors (Lipinski definition) is 2. The number of benzene rings is 8. The number of hydrogen-bond donors (Lipinski definition) is 0. The average molecular weight is 615 g/mol. The van der Waals surface area contributed by atoms with E-state index in [9.17, 15) is 0 Å². The topological polar surface area (TPSA) is 6.48 Å². The first kappa shape index (κ1) is 29.1. The molecule has 0 amide bonds. The summed E-state index contributed by atoms with van der Waals surface area (Å²) in [4.78, 5) is 4.60. The smallest absolute Gasteiger partial charge is 0.0468 e. The van der Waals surface area contributed by atoms with Crippen molar-refractivity contribution in [1.29, 1.82) is 0 Å². The molecule has 0 N–H and O–H groups in total. The summed E-state index contributed by atoms with van der Waals surface area (Å²) in [5.41, 5.74) is 9.18. The minimum Gasteiger partial charge on any atom is -0.310 e. The van der Waals surface area contributed by atoms with E-state index in [1.165, 1.54) is 32.7 Å². The minimum absolute atomic E-state index is 1.14. The maximum absolute atomic E-state index is 2.30. The van der Waals surface area contributed by atoms with Crippen LogP contribution in [0.1, 0.15) is 11.1 Å². The van der Waals surface area contributed by atoms with Gasteiger partial charge in [-0.05, 0) is 118 Å². The summed E-state index contributed by atoms with van der Waals surface area (Å²) >= 11 is 0. The summed E-state index contributed by atoms with van der Waals surface area (Å²) in [6.45, 7) is 0. The largest absolute Gasteiger partial charge is 0.310 e. The van der Waals surface area contributed by atoms with Gasteiger partial charge in [0, 0.05) is 34.1 Å². The standard InChI is InChI=1S/C46H34N2/c1-5-13-41(14-6-1)47(42-15-7-2-8-16-42)45-29-27-37-31-35(23-25-39(37)33-45)21-22-36-24-26-40-34-46(30-28-38(40)32-36)48(43-17-9-3-10-18-43)44-19-11-4-12-20-44/h1-34H. The van der Waals surface area contributed by atoms with Crippen molar-refractivity contribution in [2.45, 2.75) is 0 Å². The molecule has 0 radical (unpaired) electrons. The lowest BCUT2D eigenvalue weighted by Gasteiger charge is -2.25. The zero-order valence-electron chi connectivity index (χ0n) is 26.5. The van der Waals surface area contributed by atoms with Crippen LogP contribution in [0.5, 0.6) is 0 Å². The predicted octanol–water partition coefficient (Wildman–Crippen LogP) is 13.1. The second-order valence-electron chi connectivity index (χ2n) is 11.9. The van der Waals surface area contributed by atoms with E-state index in [4.69, 9.17) is 0 Å². The van der Waals surface area contributed by atoms with E-state index in [0.717, 1.165) is 34.1 Å². The molecule has 0 heterocycles. The molecule has 0 saturated carbocycles. The molecule has 0 bridgehead atoms. The fraction of sp³-hybridized carbons (Fsp3) is 0. The fourth-order valence-electron chi connectivity index (χ4n) is 6.38. The average Bonchev–Trinajstić information content (AvgIpc) is 3.16. The molecule has 2 nitrogen and oxygen atoms in total. The first-order chi connectivity index (χ1) is 23.8. The van der Waals surface area contributed by atoms with Crippen molar-refractivity contribution in [2.75, 3.05) is 9.80 Å². The van der Waals surface area contributed by atoms with E-state index in [2.05, 4.69) is 216 Å². The molecule has 0 atom stereocenters.